The third-order valence-corrected chi connectivity index (χ3v) is 3.56. The largest absolute Gasteiger partial charge is 0.324 e. The minimum Gasteiger partial charge on any atom is -0.324 e. The average molecular weight is 341 g/mol. The van der Waals surface area contributed by atoms with Crippen molar-refractivity contribution in [1.29, 1.82) is 0 Å². The van der Waals surface area contributed by atoms with Crippen molar-refractivity contribution in [3.8, 4) is 0 Å². The highest BCUT2D eigenvalue weighted by atomic mass is 35.5. The summed E-state index contributed by atoms with van der Waals surface area (Å²) >= 11 is 11.8. The molecule has 0 heterocycles. The van der Waals surface area contributed by atoms with Crippen LogP contribution in [-0.2, 0) is 11.3 Å². The number of hydrogen-bond acceptors (Lipinski definition) is 2. The maximum atomic E-state index is 13.6. The Hall–Kier alpha value is -1.62. The fourth-order valence-electron chi connectivity index (χ4n) is 2.00. The van der Waals surface area contributed by atoms with E-state index >= 15 is 0 Å². The maximum Gasteiger partial charge on any atom is 0.238 e. The number of amides is 1. The summed E-state index contributed by atoms with van der Waals surface area (Å²) in [6.07, 6.45) is 0. The van der Waals surface area contributed by atoms with Crippen molar-refractivity contribution in [2.45, 2.75) is 6.54 Å². The van der Waals surface area contributed by atoms with Gasteiger partial charge in [-0.15, -0.1) is 0 Å². The summed E-state index contributed by atoms with van der Waals surface area (Å²) in [5, 5.41) is 3.58. The number of hydrogen-bond donors (Lipinski definition) is 1. The Kier molecular flexibility index (Phi) is 5.77. The van der Waals surface area contributed by atoms with Crippen LogP contribution in [0.1, 0.15) is 5.56 Å². The Labute approximate surface area is 138 Å². The van der Waals surface area contributed by atoms with E-state index in [-0.39, 0.29) is 18.3 Å². The monoisotopic (exact) mass is 340 g/mol. The van der Waals surface area contributed by atoms with Gasteiger partial charge in [-0.05, 0) is 31.3 Å². The van der Waals surface area contributed by atoms with E-state index in [1.807, 2.05) is 0 Å². The fraction of sp³-hybridized carbons (Fsp3) is 0.188. The molecule has 116 valence electrons. The minimum atomic E-state index is -0.282. The molecule has 0 aromatic heterocycles. The lowest BCUT2D eigenvalue weighted by atomic mass is 10.2. The summed E-state index contributed by atoms with van der Waals surface area (Å²) in [5.74, 6) is -0.515. The molecule has 3 nitrogen and oxygen atoms in total. The van der Waals surface area contributed by atoms with E-state index in [1.165, 1.54) is 6.07 Å². The molecular formula is C16H15Cl2FN2O. The molecule has 0 aliphatic carbocycles. The van der Waals surface area contributed by atoms with Crippen molar-refractivity contribution in [1.82, 2.24) is 4.90 Å². The Morgan fingerprint density at radius 1 is 1.23 bits per heavy atom. The van der Waals surface area contributed by atoms with Gasteiger partial charge < -0.3 is 5.32 Å². The van der Waals surface area contributed by atoms with Crippen LogP contribution in [0.2, 0.25) is 10.0 Å². The van der Waals surface area contributed by atoms with Crippen molar-refractivity contribution in [3.63, 3.8) is 0 Å². The highest BCUT2D eigenvalue weighted by molar-refractivity contribution is 6.36. The van der Waals surface area contributed by atoms with Crippen LogP contribution in [-0.4, -0.2) is 24.4 Å². The van der Waals surface area contributed by atoms with Crippen molar-refractivity contribution >= 4 is 34.8 Å². The third-order valence-electron chi connectivity index (χ3n) is 3.02. The lowest BCUT2D eigenvalue weighted by Gasteiger charge is -2.17. The third kappa shape index (κ3) is 4.70. The van der Waals surface area contributed by atoms with Gasteiger partial charge in [0.1, 0.15) is 5.82 Å². The van der Waals surface area contributed by atoms with Crippen LogP contribution in [0.4, 0.5) is 10.1 Å². The van der Waals surface area contributed by atoms with E-state index in [0.29, 0.717) is 27.8 Å². The number of carbonyl (C=O) groups excluding carboxylic acids is 1. The maximum absolute atomic E-state index is 13.6. The molecule has 0 atom stereocenters. The predicted octanol–water partition coefficient (Wildman–Crippen LogP) is 4.20. The summed E-state index contributed by atoms with van der Waals surface area (Å²) in [5.41, 5.74) is 1.04. The molecule has 2 aromatic rings. The number of carbonyl (C=O) groups is 1. The van der Waals surface area contributed by atoms with Crippen LogP contribution in [0.5, 0.6) is 0 Å². The summed E-state index contributed by atoms with van der Waals surface area (Å²) in [6, 6.07) is 11.3. The van der Waals surface area contributed by atoms with E-state index in [9.17, 15) is 9.18 Å². The number of anilines is 1. The number of likely N-dealkylation sites (N-methyl/N-ethyl adjacent to an activating group) is 1. The highest BCUT2D eigenvalue weighted by Crippen LogP contribution is 2.25. The Morgan fingerprint density at radius 3 is 2.64 bits per heavy atom. The van der Waals surface area contributed by atoms with Gasteiger partial charge in [-0.25, -0.2) is 4.39 Å². The van der Waals surface area contributed by atoms with E-state index in [0.717, 1.165) is 0 Å². The van der Waals surface area contributed by atoms with Gasteiger partial charge >= 0.3 is 0 Å². The smallest absolute Gasteiger partial charge is 0.238 e. The Balaban J connectivity index is 1.93. The zero-order valence-electron chi connectivity index (χ0n) is 11.9. The quantitative estimate of drug-likeness (QED) is 0.884. The Morgan fingerprint density at radius 2 is 1.95 bits per heavy atom. The molecule has 0 spiro atoms. The van der Waals surface area contributed by atoms with E-state index in [1.54, 1.807) is 48.3 Å². The molecule has 2 aromatic carbocycles. The van der Waals surface area contributed by atoms with Gasteiger partial charge in [0.25, 0.3) is 0 Å². The van der Waals surface area contributed by atoms with Gasteiger partial charge in [-0.2, -0.15) is 0 Å². The molecule has 0 bridgehead atoms. The van der Waals surface area contributed by atoms with Gasteiger partial charge in [0, 0.05) is 17.1 Å². The molecule has 2 rings (SSSR count). The van der Waals surface area contributed by atoms with Crippen LogP contribution < -0.4 is 5.32 Å². The van der Waals surface area contributed by atoms with E-state index in [4.69, 9.17) is 23.2 Å². The zero-order chi connectivity index (χ0) is 16.1. The van der Waals surface area contributed by atoms with Crippen LogP contribution >= 0.6 is 23.2 Å². The molecule has 0 radical (unpaired) electrons. The topological polar surface area (TPSA) is 32.3 Å². The second kappa shape index (κ2) is 7.58. The van der Waals surface area contributed by atoms with Gasteiger partial charge in [0.15, 0.2) is 0 Å². The second-order valence-corrected chi connectivity index (χ2v) is 5.78. The van der Waals surface area contributed by atoms with E-state index in [2.05, 4.69) is 5.32 Å². The van der Waals surface area contributed by atoms with Crippen LogP contribution in [0, 0.1) is 5.82 Å². The molecule has 0 aliphatic rings. The van der Waals surface area contributed by atoms with Gasteiger partial charge in [-0.3, -0.25) is 9.69 Å². The number of nitrogens with zero attached hydrogens (tertiary/aromatic N) is 1. The molecule has 0 aliphatic heterocycles. The zero-order valence-corrected chi connectivity index (χ0v) is 13.5. The number of nitrogens with one attached hydrogen (secondary N) is 1. The SMILES string of the molecule is CN(CC(=O)Nc1ccc(Cl)cc1Cl)Cc1ccccc1F. The van der Waals surface area contributed by atoms with Crippen molar-refractivity contribution in [3.05, 3.63) is 63.9 Å². The second-order valence-electron chi connectivity index (χ2n) is 4.94. The molecule has 6 heteroatoms. The lowest BCUT2D eigenvalue weighted by Crippen LogP contribution is -2.30. The van der Waals surface area contributed by atoms with Gasteiger partial charge in [0.2, 0.25) is 5.91 Å². The number of benzene rings is 2. The first-order valence-electron chi connectivity index (χ1n) is 6.62. The normalized spacial score (nSPS) is 10.8. The van der Waals surface area contributed by atoms with Crippen molar-refractivity contribution in [2.24, 2.45) is 0 Å². The minimum absolute atomic E-state index is 0.118. The molecule has 0 saturated heterocycles. The fourth-order valence-corrected chi connectivity index (χ4v) is 2.45. The van der Waals surface area contributed by atoms with Crippen LogP contribution in [0.3, 0.4) is 0 Å². The first-order valence-corrected chi connectivity index (χ1v) is 7.38. The first kappa shape index (κ1) is 16.7. The van der Waals surface area contributed by atoms with Gasteiger partial charge in [-0.1, -0.05) is 41.4 Å². The highest BCUT2D eigenvalue weighted by Gasteiger charge is 2.11. The summed E-state index contributed by atoms with van der Waals surface area (Å²) in [6.45, 7) is 0.460. The van der Waals surface area contributed by atoms with E-state index < -0.39 is 0 Å². The number of halogens is 3. The molecule has 1 N–H and O–H groups in total. The standard InChI is InChI=1S/C16H15Cl2FN2O/c1-21(9-11-4-2-3-5-14(11)19)10-16(22)20-15-7-6-12(17)8-13(15)18/h2-8H,9-10H2,1H3,(H,20,22). The number of rotatable bonds is 5. The summed E-state index contributed by atoms with van der Waals surface area (Å²) < 4.78 is 13.6. The summed E-state index contributed by atoms with van der Waals surface area (Å²) in [7, 11) is 1.75. The molecular weight excluding hydrogens is 326 g/mol. The van der Waals surface area contributed by atoms with Crippen molar-refractivity contribution in [2.75, 3.05) is 18.9 Å². The molecule has 1 amide bonds. The molecule has 0 unspecified atom stereocenters. The van der Waals surface area contributed by atoms with Gasteiger partial charge in [0.05, 0.1) is 17.3 Å². The first-order chi connectivity index (χ1) is 10.5. The molecule has 22 heavy (non-hydrogen) atoms. The Bertz CT molecular complexity index is 679. The average Bonchev–Trinajstić information content (AvgIpc) is 2.44. The lowest BCUT2D eigenvalue weighted by molar-refractivity contribution is -0.117. The molecule has 0 saturated carbocycles. The van der Waals surface area contributed by atoms with Crippen molar-refractivity contribution < 1.29 is 9.18 Å². The van der Waals surface area contributed by atoms with Crippen LogP contribution in [0.15, 0.2) is 42.5 Å². The summed E-state index contributed by atoms with van der Waals surface area (Å²) in [4.78, 5) is 13.7. The van der Waals surface area contributed by atoms with Crippen LogP contribution in [0.25, 0.3) is 0 Å². The molecule has 0 fully saturated rings. The predicted molar refractivity (Wildman–Crippen MR) is 87.8 cm³/mol.